The van der Waals surface area contributed by atoms with Crippen LogP contribution < -0.4 is 20.0 Å². The quantitative estimate of drug-likeness (QED) is 0.166. The van der Waals surface area contributed by atoms with Crippen LogP contribution in [-0.4, -0.2) is 19.2 Å². The third-order valence-corrected chi connectivity index (χ3v) is 5.45. The molecule has 0 saturated heterocycles. The van der Waals surface area contributed by atoms with Crippen molar-refractivity contribution in [1.82, 2.24) is 5.48 Å². The first-order valence-electron chi connectivity index (χ1n) is 9.33. The van der Waals surface area contributed by atoms with Gasteiger partial charge in [0.2, 0.25) is 0 Å². The second-order valence-electron chi connectivity index (χ2n) is 6.73. The maximum absolute atomic E-state index is 9.69. The smallest absolute Gasteiger partial charge is 0.457 e. The Hall–Kier alpha value is -1.85. The lowest BCUT2D eigenvalue weighted by atomic mass is 9.80. The van der Waals surface area contributed by atoms with Gasteiger partial charge in [-0.2, -0.15) is 19.0 Å². The van der Waals surface area contributed by atoms with Crippen molar-refractivity contribution in [1.29, 1.82) is 0 Å². The topological polar surface area (TPSA) is 63.2 Å². The Morgan fingerprint density at radius 3 is 2.68 bits per heavy atom. The maximum Gasteiger partial charge on any atom is 0.491 e. The molecule has 3 aromatic carbocycles. The van der Waals surface area contributed by atoms with Gasteiger partial charge in [-0.25, -0.2) is 4.28 Å². The molecule has 162 valence electrons. The highest BCUT2D eigenvalue weighted by Crippen LogP contribution is 2.25. The van der Waals surface area contributed by atoms with Gasteiger partial charge < -0.3 is 14.4 Å². The van der Waals surface area contributed by atoms with Crippen LogP contribution in [0.3, 0.4) is 0 Å². The van der Waals surface area contributed by atoms with E-state index in [9.17, 15) is 5.02 Å². The first kappa shape index (κ1) is 23.8. The van der Waals surface area contributed by atoms with Crippen LogP contribution in [0, 0.1) is 0 Å². The number of hydrogen-bond acceptors (Lipinski definition) is 7. The molecule has 0 radical (unpaired) electrons. The monoisotopic (exact) mass is 476 g/mol. The highest BCUT2D eigenvalue weighted by atomic mass is 35.5. The lowest BCUT2D eigenvalue weighted by Gasteiger charge is -2.16. The summed E-state index contributed by atoms with van der Waals surface area (Å²) in [5.41, 5.74) is 6.67. The fourth-order valence-electron chi connectivity index (χ4n) is 2.99. The van der Waals surface area contributed by atoms with Crippen molar-refractivity contribution in [3.63, 3.8) is 0 Å². The molecule has 3 aromatic rings. The Bertz CT molecular complexity index is 1010. The van der Waals surface area contributed by atoms with Crippen molar-refractivity contribution in [3.8, 4) is 11.5 Å². The summed E-state index contributed by atoms with van der Waals surface area (Å²) in [5, 5.41) is 10.4. The first-order chi connectivity index (χ1) is 14.6. The van der Waals surface area contributed by atoms with Crippen LogP contribution in [0.15, 0.2) is 66.7 Å². The van der Waals surface area contributed by atoms with Gasteiger partial charge in [-0.05, 0) is 59.1 Å². The number of halogens is 1. The van der Waals surface area contributed by atoms with Crippen LogP contribution in [0.5, 0.6) is 11.5 Å². The van der Waals surface area contributed by atoms with E-state index in [1.165, 1.54) is 12.2 Å². The fraction of sp³-hybridized carbons (Fsp3) is 0.143. The van der Waals surface area contributed by atoms with Crippen LogP contribution in [0.2, 0.25) is 5.02 Å². The summed E-state index contributed by atoms with van der Waals surface area (Å²) >= 11 is 7.19. The summed E-state index contributed by atoms with van der Waals surface area (Å²) in [6, 6.07) is 20.8. The summed E-state index contributed by atoms with van der Waals surface area (Å²) in [5.74, 6) is 1.44. The molecule has 0 saturated carbocycles. The lowest BCUT2D eigenvalue weighted by molar-refractivity contribution is 0.232. The average Bonchev–Trinajstić information content (AvgIpc) is 3.12. The number of nitrogens with zero attached hydrogens (tertiary/aromatic N) is 1. The Morgan fingerprint density at radius 2 is 1.90 bits per heavy atom. The minimum absolute atomic E-state index is 0. The summed E-state index contributed by atoms with van der Waals surface area (Å²) in [6.45, 7) is 0.938. The molecule has 6 nitrogen and oxygen atoms in total. The predicted molar refractivity (Wildman–Crippen MR) is 131 cm³/mol. The second-order valence-corrected chi connectivity index (χ2v) is 8.03. The zero-order chi connectivity index (χ0) is 20.9. The lowest BCUT2D eigenvalue weighted by Crippen LogP contribution is -2.27. The molecule has 0 unspecified atom stereocenters. The van der Waals surface area contributed by atoms with Gasteiger partial charge in [0.15, 0.2) is 0 Å². The molecule has 1 heterocycles. The Morgan fingerprint density at radius 1 is 1.13 bits per heavy atom. The number of nitrogens with one attached hydrogen (secondary N) is 1. The Labute approximate surface area is 198 Å². The van der Waals surface area contributed by atoms with Crippen LogP contribution in [-0.2, 0) is 22.1 Å². The van der Waals surface area contributed by atoms with E-state index in [0.29, 0.717) is 23.9 Å². The largest absolute Gasteiger partial charge is 0.491 e. The van der Waals surface area contributed by atoms with Gasteiger partial charge in [-0.3, -0.25) is 4.31 Å². The van der Waals surface area contributed by atoms with Gasteiger partial charge in [0, 0.05) is 18.6 Å². The van der Waals surface area contributed by atoms with Crippen molar-refractivity contribution in [3.05, 3.63) is 82.9 Å². The van der Waals surface area contributed by atoms with Crippen LogP contribution in [0.1, 0.15) is 11.1 Å². The Balaban J connectivity index is 0.00000272. The molecule has 0 aliphatic carbocycles. The number of anilines is 1. The molecule has 1 aliphatic heterocycles. The number of rotatable bonds is 8. The van der Waals surface area contributed by atoms with Crippen LogP contribution in [0.25, 0.3) is 0 Å². The highest BCUT2D eigenvalue weighted by Gasteiger charge is 2.27. The molecule has 1 aliphatic rings. The van der Waals surface area contributed by atoms with Gasteiger partial charge in [0.1, 0.15) is 23.7 Å². The predicted octanol–water partition coefficient (Wildman–Crippen LogP) is 4.18. The molecule has 0 amide bonds. The molecule has 4 rings (SSSR count). The van der Waals surface area contributed by atoms with E-state index >= 15 is 0 Å². The normalized spacial score (nSPS) is 12.3. The number of fused-ring (bicyclic) bond motifs is 1. The molecule has 0 bridgehead atoms. The molecular formula is C21H22BClN2O4S2. The molecule has 0 aromatic heterocycles. The first-order valence-corrected chi connectivity index (χ1v) is 10.4. The number of ether oxygens (including phenoxy) is 1. The average molecular weight is 477 g/mol. The standard InChI is InChI=1S/C21H20BClN2O4S.H2S/c1-25(18-4-2-3-17(23)12-18)30-29-24-13-15-5-7-19(8-6-15)28-20-9-10-21-16(11-20)14-27-22(21)26;/h2-12,24,26H,13-14H2,1H3;1H2. The van der Waals surface area contributed by atoms with Crippen molar-refractivity contribution in [2.24, 2.45) is 0 Å². The zero-order valence-electron chi connectivity index (χ0n) is 16.7. The maximum atomic E-state index is 9.69. The molecule has 10 heteroatoms. The number of benzene rings is 3. The summed E-state index contributed by atoms with van der Waals surface area (Å²) < 4.78 is 18.4. The highest BCUT2D eigenvalue weighted by molar-refractivity contribution is 7.96. The van der Waals surface area contributed by atoms with Gasteiger partial charge in [-0.1, -0.05) is 35.9 Å². The third kappa shape index (κ3) is 6.33. The van der Waals surface area contributed by atoms with E-state index in [2.05, 4.69) is 5.48 Å². The Kier molecular flexibility index (Phi) is 8.56. The summed E-state index contributed by atoms with van der Waals surface area (Å²) in [4.78, 5) is 0. The van der Waals surface area contributed by atoms with E-state index in [-0.39, 0.29) is 13.5 Å². The van der Waals surface area contributed by atoms with Crippen molar-refractivity contribution in [2.45, 2.75) is 13.2 Å². The van der Waals surface area contributed by atoms with Gasteiger partial charge in [0.25, 0.3) is 0 Å². The molecule has 31 heavy (non-hydrogen) atoms. The number of hydroxylamine groups is 1. The molecule has 0 fully saturated rings. The van der Waals surface area contributed by atoms with E-state index in [1.807, 2.05) is 78.1 Å². The summed E-state index contributed by atoms with van der Waals surface area (Å²) in [6.07, 6.45) is 0. The van der Waals surface area contributed by atoms with E-state index in [0.717, 1.165) is 28.0 Å². The van der Waals surface area contributed by atoms with Crippen molar-refractivity contribution >= 4 is 55.6 Å². The second kappa shape index (κ2) is 11.1. The van der Waals surface area contributed by atoms with E-state index in [1.54, 1.807) is 0 Å². The molecule has 2 N–H and O–H groups in total. The van der Waals surface area contributed by atoms with Crippen molar-refractivity contribution < 1.29 is 18.7 Å². The minimum Gasteiger partial charge on any atom is -0.457 e. The van der Waals surface area contributed by atoms with Gasteiger partial charge in [-0.15, -0.1) is 0 Å². The van der Waals surface area contributed by atoms with Gasteiger partial charge in [0.05, 0.1) is 12.3 Å². The van der Waals surface area contributed by atoms with E-state index in [4.69, 9.17) is 25.3 Å². The zero-order valence-corrected chi connectivity index (χ0v) is 19.3. The van der Waals surface area contributed by atoms with Crippen LogP contribution in [0.4, 0.5) is 5.69 Å². The van der Waals surface area contributed by atoms with Crippen LogP contribution >= 0.6 is 37.3 Å². The molecule has 0 atom stereocenters. The van der Waals surface area contributed by atoms with Crippen molar-refractivity contribution in [2.75, 3.05) is 11.4 Å². The third-order valence-electron chi connectivity index (χ3n) is 4.59. The number of hydrogen-bond donors (Lipinski definition) is 2. The minimum atomic E-state index is -0.841. The molecule has 0 spiro atoms. The summed E-state index contributed by atoms with van der Waals surface area (Å²) in [7, 11) is 1.06. The SMILES string of the molecule is CN(SONCc1ccc(Oc2ccc3c(c2)COB3O)cc1)c1cccc(Cl)c1.S. The molecular weight excluding hydrogens is 455 g/mol. The van der Waals surface area contributed by atoms with Gasteiger partial charge >= 0.3 is 7.12 Å². The van der Waals surface area contributed by atoms with E-state index < -0.39 is 7.12 Å². The fourth-order valence-corrected chi connectivity index (χ4v) is 3.60.